The average Bonchev–Trinajstić information content (AvgIpc) is 2.95. The van der Waals surface area contributed by atoms with Crippen LogP contribution in [0.3, 0.4) is 0 Å². The summed E-state index contributed by atoms with van der Waals surface area (Å²) in [6, 6.07) is 16.7. The SMILES string of the molecule is Cc1ccc2c(c1)CN1Cc3c(C)nn(-c4ccccc4)c3N=C1N2. The van der Waals surface area contributed by atoms with Crippen molar-refractivity contribution >= 4 is 17.5 Å². The monoisotopic (exact) mass is 329 g/mol. The molecule has 1 N–H and O–H groups in total. The van der Waals surface area contributed by atoms with Gasteiger partial charge in [0.2, 0.25) is 5.96 Å². The molecule has 0 amide bonds. The maximum absolute atomic E-state index is 4.92. The molecule has 5 rings (SSSR count). The lowest BCUT2D eigenvalue weighted by atomic mass is 10.1. The molecule has 124 valence electrons. The van der Waals surface area contributed by atoms with Crippen LogP contribution in [-0.2, 0) is 13.1 Å². The summed E-state index contributed by atoms with van der Waals surface area (Å²) in [5, 5.41) is 8.23. The second kappa shape index (κ2) is 5.21. The van der Waals surface area contributed by atoms with Crippen LogP contribution in [0.4, 0.5) is 11.5 Å². The second-order valence-electron chi connectivity index (χ2n) is 6.71. The number of rotatable bonds is 1. The molecular formula is C20H19N5. The van der Waals surface area contributed by atoms with Crippen LogP contribution in [0.1, 0.15) is 22.4 Å². The highest BCUT2D eigenvalue weighted by atomic mass is 15.4. The normalized spacial score (nSPS) is 15.0. The first kappa shape index (κ1) is 14.3. The molecule has 0 unspecified atom stereocenters. The van der Waals surface area contributed by atoms with Crippen LogP contribution >= 0.6 is 0 Å². The molecule has 1 aromatic heterocycles. The fraction of sp³-hybridized carbons (Fsp3) is 0.200. The van der Waals surface area contributed by atoms with E-state index in [0.717, 1.165) is 41.9 Å². The summed E-state index contributed by atoms with van der Waals surface area (Å²) in [4.78, 5) is 7.20. The minimum atomic E-state index is 0.827. The van der Waals surface area contributed by atoms with E-state index in [4.69, 9.17) is 10.1 Å². The Hall–Kier alpha value is -3.08. The van der Waals surface area contributed by atoms with Crippen LogP contribution < -0.4 is 5.32 Å². The third-order valence-corrected chi connectivity index (χ3v) is 4.89. The second-order valence-corrected chi connectivity index (χ2v) is 6.71. The van der Waals surface area contributed by atoms with Crippen molar-refractivity contribution in [3.63, 3.8) is 0 Å². The quantitative estimate of drug-likeness (QED) is 0.736. The number of fused-ring (bicyclic) bond motifs is 3. The Balaban J connectivity index is 1.61. The van der Waals surface area contributed by atoms with Gasteiger partial charge in [-0.3, -0.25) is 0 Å². The minimum Gasteiger partial charge on any atom is -0.333 e. The van der Waals surface area contributed by atoms with Crippen molar-refractivity contribution in [3.8, 4) is 5.69 Å². The van der Waals surface area contributed by atoms with Crippen molar-refractivity contribution < 1.29 is 0 Å². The topological polar surface area (TPSA) is 45.5 Å². The number of guanidine groups is 1. The van der Waals surface area contributed by atoms with Gasteiger partial charge in [-0.05, 0) is 37.6 Å². The lowest BCUT2D eigenvalue weighted by Crippen LogP contribution is -2.41. The highest BCUT2D eigenvalue weighted by Crippen LogP contribution is 2.35. The highest BCUT2D eigenvalue weighted by molar-refractivity contribution is 5.98. The van der Waals surface area contributed by atoms with Crippen molar-refractivity contribution in [2.24, 2.45) is 4.99 Å². The highest BCUT2D eigenvalue weighted by Gasteiger charge is 2.29. The largest absolute Gasteiger partial charge is 0.333 e. The number of benzene rings is 2. The standard InChI is InChI=1S/C20H19N5/c1-13-8-9-18-15(10-13)11-24-12-17-14(2)23-25(16-6-4-3-5-7-16)19(17)22-20(24)21-18/h3-10H,11-12H2,1-2H3,(H,21,22). The Morgan fingerprint density at radius 2 is 1.84 bits per heavy atom. The van der Waals surface area contributed by atoms with E-state index in [0.29, 0.717) is 0 Å². The Labute approximate surface area is 146 Å². The van der Waals surface area contributed by atoms with E-state index in [2.05, 4.69) is 54.4 Å². The summed E-state index contributed by atoms with van der Waals surface area (Å²) in [7, 11) is 0. The zero-order valence-electron chi connectivity index (χ0n) is 14.3. The Morgan fingerprint density at radius 1 is 1.00 bits per heavy atom. The summed E-state index contributed by atoms with van der Waals surface area (Å²) in [5.41, 5.74) is 7.02. The number of nitrogens with zero attached hydrogens (tertiary/aromatic N) is 4. The summed E-state index contributed by atoms with van der Waals surface area (Å²) in [6.45, 7) is 5.89. The van der Waals surface area contributed by atoms with E-state index in [9.17, 15) is 0 Å². The lowest BCUT2D eigenvalue weighted by Gasteiger charge is -2.35. The van der Waals surface area contributed by atoms with Crippen LogP contribution in [0.25, 0.3) is 5.69 Å². The van der Waals surface area contributed by atoms with Crippen molar-refractivity contribution in [1.82, 2.24) is 14.7 Å². The molecule has 0 saturated carbocycles. The number of para-hydroxylation sites is 1. The van der Waals surface area contributed by atoms with Crippen LogP contribution in [-0.4, -0.2) is 20.6 Å². The maximum atomic E-state index is 4.92. The summed E-state index contributed by atoms with van der Waals surface area (Å²) >= 11 is 0. The molecule has 5 nitrogen and oxygen atoms in total. The van der Waals surface area contributed by atoms with E-state index < -0.39 is 0 Å². The molecule has 25 heavy (non-hydrogen) atoms. The van der Waals surface area contributed by atoms with Crippen molar-refractivity contribution in [2.75, 3.05) is 5.32 Å². The van der Waals surface area contributed by atoms with E-state index in [1.807, 2.05) is 22.9 Å². The van der Waals surface area contributed by atoms with E-state index >= 15 is 0 Å². The van der Waals surface area contributed by atoms with Gasteiger partial charge in [-0.1, -0.05) is 35.9 Å². The number of aliphatic imine (C=N–C) groups is 1. The Bertz CT molecular complexity index is 1000. The van der Waals surface area contributed by atoms with Gasteiger partial charge in [-0.25, -0.2) is 4.68 Å². The molecule has 3 heterocycles. The van der Waals surface area contributed by atoms with Crippen molar-refractivity contribution in [1.29, 1.82) is 0 Å². The molecule has 2 aromatic carbocycles. The summed E-state index contributed by atoms with van der Waals surface area (Å²) in [5.74, 6) is 1.83. The minimum absolute atomic E-state index is 0.827. The summed E-state index contributed by atoms with van der Waals surface area (Å²) in [6.07, 6.45) is 0. The van der Waals surface area contributed by atoms with Gasteiger partial charge in [0.05, 0.1) is 17.9 Å². The molecule has 0 aliphatic carbocycles. The third kappa shape index (κ3) is 2.23. The Morgan fingerprint density at radius 3 is 2.68 bits per heavy atom. The van der Waals surface area contributed by atoms with Gasteiger partial charge in [0, 0.05) is 17.8 Å². The van der Waals surface area contributed by atoms with Crippen LogP contribution in [0, 0.1) is 13.8 Å². The molecule has 2 aliphatic heterocycles. The zero-order valence-corrected chi connectivity index (χ0v) is 14.3. The number of aromatic nitrogens is 2. The fourth-order valence-corrected chi connectivity index (χ4v) is 3.57. The van der Waals surface area contributed by atoms with Gasteiger partial charge < -0.3 is 10.2 Å². The number of hydrogen-bond acceptors (Lipinski definition) is 4. The smallest absolute Gasteiger partial charge is 0.205 e. The molecule has 3 aromatic rings. The molecule has 0 saturated heterocycles. The van der Waals surface area contributed by atoms with Gasteiger partial charge >= 0.3 is 0 Å². The predicted molar refractivity (Wildman–Crippen MR) is 99.4 cm³/mol. The molecule has 2 aliphatic rings. The maximum Gasteiger partial charge on any atom is 0.205 e. The number of anilines is 1. The first-order valence-electron chi connectivity index (χ1n) is 8.53. The van der Waals surface area contributed by atoms with Crippen LogP contribution in [0.5, 0.6) is 0 Å². The van der Waals surface area contributed by atoms with Crippen molar-refractivity contribution in [2.45, 2.75) is 26.9 Å². The Kier molecular flexibility index (Phi) is 2.98. The van der Waals surface area contributed by atoms with E-state index in [1.54, 1.807) is 0 Å². The van der Waals surface area contributed by atoms with Gasteiger partial charge in [0.25, 0.3) is 0 Å². The fourth-order valence-electron chi connectivity index (χ4n) is 3.57. The third-order valence-electron chi connectivity index (χ3n) is 4.89. The molecule has 0 spiro atoms. The van der Waals surface area contributed by atoms with Crippen LogP contribution in [0.15, 0.2) is 53.5 Å². The lowest BCUT2D eigenvalue weighted by molar-refractivity contribution is 0.393. The van der Waals surface area contributed by atoms with Gasteiger partial charge in [0.15, 0.2) is 5.82 Å². The first-order chi connectivity index (χ1) is 12.2. The zero-order chi connectivity index (χ0) is 17.0. The summed E-state index contributed by atoms with van der Waals surface area (Å²) < 4.78 is 1.95. The molecule has 0 bridgehead atoms. The van der Waals surface area contributed by atoms with Gasteiger partial charge in [0.1, 0.15) is 0 Å². The molecule has 0 fully saturated rings. The molecule has 5 heteroatoms. The molecular weight excluding hydrogens is 310 g/mol. The van der Waals surface area contributed by atoms with E-state index in [-0.39, 0.29) is 0 Å². The molecule has 0 radical (unpaired) electrons. The number of aryl methyl sites for hydroxylation is 2. The first-order valence-corrected chi connectivity index (χ1v) is 8.53. The van der Waals surface area contributed by atoms with Gasteiger partial charge in [-0.15, -0.1) is 0 Å². The number of nitrogens with one attached hydrogen (secondary N) is 1. The number of hydrogen-bond donors (Lipinski definition) is 1. The molecule has 0 atom stereocenters. The predicted octanol–water partition coefficient (Wildman–Crippen LogP) is 3.92. The van der Waals surface area contributed by atoms with Crippen molar-refractivity contribution in [3.05, 3.63) is 70.9 Å². The van der Waals surface area contributed by atoms with Gasteiger partial charge in [-0.2, -0.15) is 10.1 Å². The average molecular weight is 329 g/mol. The van der Waals surface area contributed by atoms with Crippen LogP contribution in [0.2, 0.25) is 0 Å². The van der Waals surface area contributed by atoms with E-state index in [1.165, 1.54) is 16.7 Å².